The topological polar surface area (TPSA) is 165 Å². The minimum absolute atomic E-state index is 0.0334. The smallest absolute Gasteiger partial charge is 0.332 e. The van der Waals surface area contributed by atoms with Crippen molar-refractivity contribution in [3.05, 3.63) is 41.7 Å². The minimum atomic E-state index is -0.840. The second-order valence-electron chi connectivity index (χ2n) is 6.45. The number of ether oxygens (including phenoxy) is 1. The van der Waals surface area contributed by atoms with Crippen LogP contribution >= 0.6 is 0 Å². The van der Waals surface area contributed by atoms with E-state index >= 15 is 0 Å². The van der Waals surface area contributed by atoms with E-state index in [1.807, 2.05) is 0 Å². The Balaban J connectivity index is 1.83. The highest BCUT2D eigenvalue weighted by Gasteiger charge is 2.23. The van der Waals surface area contributed by atoms with Gasteiger partial charge in [-0.2, -0.15) is 0 Å². The SMILES string of the molecule is CCOC(=O)C(CNC(=O)CCC(=O)Nc1ccc(C(=N)N)c(C)c1)n1ccnn1. The molecule has 0 radical (unpaired) electrons. The number of amides is 2. The van der Waals surface area contributed by atoms with Crippen molar-refractivity contribution in [3.63, 3.8) is 0 Å². The van der Waals surface area contributed by atoms with Crippen molar-refractivity contribution in [2.24, 2.45) is 5.73 Å². The van der Waals surface area contributed by atoms with Gasteiger partial charge in [-0.05, 0) is 37.6 Å². The lowest BCUT2D eigenvalue weighted by molar-refractivity contribution is -0.147. The number of nitrogens with zero attached hydrogens (tertiary/aromatic N) is 3. The fourth-order valence-electron chi connectivity index (χ4n) is 2.70. The van der Waals surface area contributed by atoms with E-state index in [1.165, 1.54) is 17.1 Å². The Morgan fingerprint density at radius 3 is 2.60 bits per heavy atom. The van der Waals surface area contributed by atoms with Gasteiger partial charge in [0.2, 0.25) is 11.8 Å². The van der Waals surface area contributed by atoms with Gasteiger partial charge in [-0.25, -0.2) is 9.48 Å². The number of nitrogens with two attached hydrogens (primary N) is 1. The van der Waals surface area contributed by atoms with Crippen LogP contribution in [0.5, 0.6) is 0 Å². The zero-order valence-corrected chi connectivity index (χ0v) is 16.8. The molecule has 2 rings (SSSR count). The molecule has 1 heterocycles. The van der Waals surface area contributed by atoms with Crippen molar-refractivity contribution < 1.29 is 19.1 Å². The fraction of sp³-hybridized carbons (Fsp3) is 0.368. The van der Waals surface area contributed by atoms with E-state index in [1.54, 1.807) is 32.0 Å². The molecular weight excluding hydrogens is 390 g/mol. The summed E-state index contributed by atoms with van der Waals surface area (Å²) in [5.41, 5.74) is 7.38. The van der Waals surface area contributed by atoms with Gasteiger partial charge in [-0.1, -0.05) is 5.21 Å². The third-order valence-corrected chi connectivity index (χ3v) is 4.19. The molecule has 0 aliphatic heterocycles. The monoisotopic (exact) mass is 415 g/mol. The van der Waals surface area contributed by atoms with E-state index in [2.05, 4.69) is 20.9 Å². The van der Waals surface area contributed by atoms with Gasteiger partial charge in [0, 0.05) is 30.3 Å². The third-order valence-electron chi connectivity index (χ3n) is 4.19. The Morgan fingerprint density at radius 1 is 1.27 bits per heavy atom. The van der Waals surface area contributed by atoms with Crippen LogP contribution in [0.3, 0.4) is 0 Å². The molecule has 1 aromatic heterocycles. The van der Waals surface area contributed by atoms with Gasteiger partial charge < -0.3 is 21.1 Å². The van der Waals surface area contributed by atoms with Crippen molar-refractivity contribution >= 4 is 29.3 Å². The van der Waals surface area contributed by atoms with E-state index in [4.69, 9.17) is 15.9 Å². The van der Waals surface area contributed by atoms with Gasteiger partial charge in [0.1, 0.15) is 5.84 Å². The first kappa shape index (κ1) is 22.5. The first-order valence-corrected chi connectivity index (χ1v) is 9.35. The van der Waals surface area contributed by atoms with Crippen molar-refractivity contribution in [1.29, 1.82) is 5.41 Å². The number of anilines is 1. The molecule has 0 aliphatic rings. The number of rotatable bonds is 10. The van der Waals surface area contributed by atoms with E-state index < -0.39 is 12.0 Å². The van der Waals surface area contributed by atoms with Crippen LogP contribution in [0.1, 0.15) is 36.9 Å². The summed E-state index contributed by atoms with van der Waals surface area (Å²) in [5.74, 6) is -1.31. The van der Waals surface area contributed by atoms with Gasteiger partial charge >= 0.3 is 5.97 Å². The Kier molecular flexibility index (Phi) is 8.03. The summed E-state index contributed by atoms with van der Waals surface area (Å²) in [5, 5.41) is 20.2. The second kappa shape index (κ2) is 10.7. The van der Waals surface area contributed by atoms with Crippen LogP contribution in [0.4, 0.5) is 5.69 Å². The molecule has 0 spiro atoms. The lowest BCUT2D eigenvalue weighted by Crippen LogP contribution is -2.36. The van der Waals surface area contributed by atoms with Gasteiger partial charge in [0.15, 0.2) is 6.04 Å². The highest BCUT2D eigenvalue weighted by atomic mass is 16.5. The minimum Gasteiger partial charge on any atom is -0.464 e. The fourth-order valence-corrected chi connectivity index (χ4v) is 2.70. The average molecular weight is 415 g/mol. The third kappa shape index (κ3) is 6.40. The Hall–Kier alpha value is -3.76. The second-order valence-corrected chi connectivity index (χ2v) is 6.45. The molecule has 0 saturated heterocycles. The molecule has 0 bridgehead atoms. The number of hydrogen-bond donors (Lipinski definition) is 4. The van der Waals surface area contributed by atoms with E-state index in [0.717, 1.165) is 5.56 Å². The molecule has 2 aromatic rings. The number of carbonyl (C=O) groups is 3. The maximum atomic E-state index is 12.1. The number of aromatic nitrogens is 3. The number of nitrogens with one attached hydrogen (secondary N) is 3. The first-order chi connectivity index (χ1) is 14.3. The Bertz CT molecular complexity index is 912. The molecular formula is C19H25N7O4. The highest BCUT2D eigenvalue weighted by molar-refractivity contribution is 5.98. The van der Waals surface area contributed by atoms with Crippen molar-refractivity contribution in [1.82, 2.24) is 20.3 Å². The molecule has 11 nitrogen and oxygen atoms in total. The molecule has 0 aliphatic carbocycles. The normalized spacial score (nSPS) is 11.4. The van der Waals surface area contributed by atoms with Gasteiger partial charge in [-0.3, -0.25) is 15.0 Å². The van der Waals surface area contributed by atoms with Crippen molar-refractivity contribution in [2.45, 2.75) is 32.7 Å². The number of carbonyl (C=O) groups excluding carboxylic acids is 3. The average Bonchev–Trinajstić information content (AvgIpc) is 3.21. The summed E-state index contributed by atoms with van der Waals surface area (Å²) in [6.07, 6.45) is 2.83. The summed E-state index contributed by atoms with van der Waals surface area (Å²) in [6, 6.07) is 4.16. The standard InChI is InChI=1S/C19H25N7O4/c1-3-30-19(29)15(26-9-8-23-25-26)11-22-16(27)6-7-17(28)24-13-4-5-14(18(20)21)12(2)10-13/h4-5,8-10,15H,3,6-7,11H2,1-2H3,(H3,20,21)(H,22,27)(H,24,28). The largest absolute Gasteiger partial charge is 0.464 e. The predicted octanol–water partition coefficient (Wildman–Crippen LogP) is 0.510. The lowest BCUT2D eigenvalue weighted by atomic mass is 10.1. The molecule has 1 aromatic carbocycles. The van der Waals surface area contributed by atoms with Crippen molar-refractivity contribution in [2.75, 3.05) is 18.5 Å². The summed E-state index contributed by atoms with van der Waals surface area (Å²) in [4.78, 5) is 36.3. The number of amidine groups is 1. The maximum absolute atomic E-state index is 12.1. The molecule has 1 unspecified atom stereocenters. The Labute approximate surface area is 173 Å². The van der Waals surface area contributed by atoms with Crippen LogP contribution in [0, 0.1) is 12.3 Å². The number of esters is 1. The van der Waals surface area contributed by atoms with Crippen LogP contribution < -0.4 is 16.4 Å². The van der Waals surface area contributed by atoms with E-state index in [-0.39, 0.29) is 43.6 Å². The molecule has 0 fully saturated rings. The zero-order valence-electron chi connectivity index (χ0n) is 16.8. The number of benzene rings is 1. The Morgan fingerprint density at radius 2 is 2.00 bits per heavy atom. The molecule has 1 atom stereocenters. The van der Waals surface area contributed by atoms with Gasteiger partial charge in [0.05, 0.1) is 19.3 Å². The molecule has 30 heavy (non-hydrogen) atoms. The zero-order chi connectivity index (χ0) is 22.1. The number of nitrogen functional groups attached to an aromatic ring is 1. The van der Waals surface area contributed by atoms with Crippen LogP contribution in [0.2, 0.25) is 0 Å². The molecule has 2 amide bonds. The maximum Gasteiger partial charge on any atom is 0.332 e. The molecule has 11 heteroatoms. The van der Waals surface area contributed by atoms with Gasteiger partial charge in [-0.15, -0.1) is 5.10 Å². The number of aryl methyl sites for hydroxylation is 1. The van der Waals surface area contributed by atoms with Crippen LogP contribution in [0.25, 0.3) is 0 Å². The summed E-state index contributed by atoms with van der Waals surface area (Å²) in [6.45, 7) is 3.64. The first-order valence-electron chi connectivity index (χ1n) is 9.35. The van der Waals surface area contributed by atoms with Crippen LogP contribution in [-0.2, 0) is 19.1 Å². The van der Waals surface area contributed by atoms with Crippen molar-refractivity contribution in [3.8, 4) is 0 Å². The summed E-state index contributed by atoms with van der Waals surface area (Å²) < 4.78 is 6.30. The molecule has 5 N–H and O–H groups in total. The quantitative estimate of drug-likeness (QED) is 0.249. The van der Waals surface area contributed by atoms with E-state index in [0.29, 0.717) is 11.3 Å². The lowest BCUT2D eigenvalue weighted by Gasteiger charge is -2.16. The predicted molar refractivity (Wildman–Crippen MR) is 109 cm³/mol. The summed E-state index contributed by atoms with van der Waals surface area (Å²) >= 11 is 0. The number of hydrogen-bond acceptors (Lipinski definition) is 7. The van der Waals surface area contributed by atoms with Crippen LogP contribution in [0.15, 0.2) is 30.6 Å². The highest BCUT2D eigenvalue weighted by Crippen LogP contribution is 2.15. The van der Waals surface area contributed by atoms with Crippen LogP contribution in [-0.4, -0.2) is 51.8 Å². The molecule has 0 saturated carbocycles. The van der Waals surface area contributed by atoms with E-state index in [9.17, 15) is 14.4 Å². The summed E-state index contributed by atoms with van der Waals surface area (Å²) in [7, 11) is 0. The molecule has 160 valence electrons. The van der Waals surface area contributed by atoms with Gasteiger partial charge in [0.25, 0.3) is 0 Å².